The second-order valence-corrected chi connectivity index (χ2v) is 9.84. The number of methoxy groups -OCH3 is 1. The molecular formula is C22H27ClF3N3OS2. The van der Waals surface area contributed by atoms with Gasteiger partial charge in [0.2, 0.25) is 0 Å². The van der Waals surface area contributed by atoms with Crippen molar-refractivity contribution >= 4 is 32.6 Å². The van der Waals surface area contributed by atoms with Gasteiger partial charge in [0.15, 0.2) is 5.52 Å². The number of rotatable bonds is 10. The molecule has 4 nitrogen and oxygen atoms in total. The molecule has 0 unspecified atom stereocenters. The van der Waals surface area contributed by atoms with Crippen molar-refractivity contribution in [3.8, 4) is 11.7 Å². The predicted molar refractivity (Wildman–Crippen MR) is 122 cm³/mol. The Morgan fingerprint density at radius 2 is 1.91 bits per heavy atom. The summed E-state index contributed by atoms with van der Waals surface area (Å²) in [7, 11) is 5.24. The standard InChI is InChI=1S/C22H27F3N3OS2.ClH/c1-4-5-6-7-12-30-31-14-19-15(2)20(29-3)10-11-28(19)21-26-17-9-8-16(22(23,24)25)13-18(17)27-21;/h8-11,13H,4-7,12,14H2,1-3H3,(H,26,27);1H/q+1;/p-1. The molecule has 1 aromatic carbocycles. The van der Waals surface area contributed by atoms with Crippen molar-refractivity contribution in [2.45, 2.75) is 51.5 Å². The van der Waals surface area contributed by atoms with Crippen LogP contribution in [0.3, 0.4) is 0 Å². The third-order valence-corrected chi connectivity index (χ3v) is 7.44. The van der Waals surface area contributed by atoms with Crippen LogP contribution in [0.25, 0.3) is 17.0 Å². The molecule has 32 heavy (non-hydrogen) atoms. The number of pyridine rings is 1. The van der Waals surface area contributed by atoms with Gasteiger partial charge in [0.25, 0.3) is 0 Å². The lowest BCUT2D eigenvalue weighted by molar-refractivity contribution is -0.610. The molecule has 1 N–H and O–H groups in total. The number of hydrogen-bond donors (Lipinski definition) is 1. The van der Waals surface area contributed by atoms with Gasteiger partial charge in [-0.2, -0.15) is 13.2 Å². The van der Waals surface area contributed by atoms with Gasteiger partial charge in [0.1, 0.15) is 17.0 Å². The van der Waals surface area contributed by atoms with Crippen molar-refractivity contribution in [2.24, 2.45) is 0 Å². The molecule has 0 amide bonds. The van der Waals surface area contributed by atoms with E-state index >= 15 is 0 Å². The van der Waals surface area contributed by atoms with Crippen molar-refractivity contribution in [1.29, 1.82) is 0 Å². The molecule has 0 spiro atoms. The maximum Gasteiger partial charge on any atom is 0.416 e. The summed E-state index contributed by atoms with van der Waals surface area (Å²) in [6, 6.07) is 5.41. The molecule has 0 aliphatic rings. The molecule has 10 heteroatoms. The fourth-order valence-electron chi connectivity index (χ4n) is 3.30. The summed E-state index contributed by atoms with van der Waals surface area (Å²) in [5, 5.41) is 0. The largest absolute Gasteiger partial charge is 1.00 e. The Morgan fingerprint density at radius 3 is 2.59 bits per heavy atom. The van der Waals surface area contributed by atoms with Crippen molar-refractivity contribution in [2.75, 3.05) is 12.9 Å². The molecule has 176 valence electrons. The number of H-pyrrole nitrogens is 1. The first-order valence-corrected chi connectivity index (χ1v) is 12.7. The van der Waals surface area contributed by atoms with Gasteiger partial charge in [-0.3, -0.25) is 0 Å². The van der Waals surface area contributed by atoms with Crippen molar-refractivity contribution < 1.29 is 34.9 Å². The van der Waals surface area contributed by atoms with Crippen molar-refractivity contribution in [1.82, 2.24) is 9.97 Å². The summed E-state index contributed by atoms with van der Waals surface area (Å²) in [6.45, 7) is 4.19. The third-order valence-electron chi connectivity index (χ3n) is 5.07. The van der Waals surface area contributed by atoms with E-state index in [4.69, 9.17) is 4.74 Å². The lowest BCUT2D eigenvalue weighted by Crippen LogP contribution is -3.00. The van der Waals surface area contributed by atoms with Gasteiger partial charge in [-0.1, -0.05) is 52.8 Å². The number of halogens is 4. The number of unbranched alkanes of at least 4 members (excludes halogenated alkanes) is 3. The normalized spacial score (nSPS) is 11.6. The van der Waals surface area contributed by atoms with Crippen LogP contribution in [0.4, 0.5) is 13.2 Å². The molecule has 0 saturated carbocycles. The van der Waals surface area contributed by atoms with Gasteiger partial charge in [0.05, 0.1) is 24.6 Å². The molecular weight excluding hydrogens is 479 g/mol. The summed E-state index contributed by atoms with van der Waals surface area (Å²) in [6.07, 6.45) is 2.39. The van der Waals surface area contributed by atoms with Crippen LogP contribution in [-0.2, 0) is 11.9 Å². The average Bonchev–Trinajstić information content (AvgIpc) is 3.16. The molecule has 0 fully saturated rings. The number of aromatic nitrogens is 3. The molecule has 0 saturated heterocycles. The number of nitrogens with zero attached hydrogens (tertiary/aromatic N) is 2. The van der Waals surface area contributed by atoms with E-state index in [1.165, 1.54) is 31.7 Å². The lowest BCUT2D eigenvalue weighted by atomic mass is 10.2. The van der Waals surface area contributed by atoms with Crippen LogP contribution in [0, 0.1) is 6.92 Å². The van der Waals surface area contributed by atoms with E-state index in [0.29, 0.717) is 11.5 Å². The minimum absolute atomic E-state index is 0. The van der Waals surface area contributed by atoms with Crippen molar-refractivity contribution in [3.63, 3.8) is 0 Å². The Bertz CT molecular complexity index is 1030. The Kier molecular flexibility index (Phi) is 10.0. The molecule has 3 rings (SSSR count). The van der Waals surface area contributed by atoms with Crippen LogP contribution >= 0.6 is 21.6 Å². The number of alkyl halides is 3. The van der Waals surface area contributed by atoms with Gasteiger partial charge in [-0.25, -0.2) is 9.55 Å². The zero-order valence-corrected chi connectivity index (χ0v) is 20.6. The fraction of sp³-hybridized carbons (Fsp3) is 0.455. The average molecular weight is 506 g/mol. The number of fused-ring (bicyclic) bond motifs is 1. The Balaban J connectivity index is 0.00000363. The van der Waals surface area contributed by atoms with Gasteiger partial charge >= 0.3 is 12.1 Å². The van der Waals surface area contributed by atoms with Crippen LogP contribution in [-0.4, -0.2) is 22.8 Å². The second-order valence-electron chi connectivity index (χ2n) is 7.26. The number of ether oxygens (including phenoxy) is 1. The van der Waals surface area contributed by atoms with Crippen LogP contribution < -0.4 is 21.7 Å². The Hall–Kier alpha value is -1.58. The summed E-state index contributed by atoms with van der Waals surface area (Å²) >= 11 is 0. The summed E-state index contributed by atoms with van der Waals surface area (Å²) in [5.74, 6) is 3.09. The highest BCUT2D eigenvalue weighted by Crippen LogP contribution is 2.32. The second kappa shape index (κ2) is 12.0. The smallest absolute Gasteiger partial charge is 0.416 e. The maximum absolute atomic E-state index is 13.1. The number of hydrogen-bond acceptors (Lipinski definition) is 4. The summed E-state index contributed by atoms with van der Waals surface area (Å²) < 4.78 is 46.5. The highest BCUT2D eigenvalue weighted by Gasteiger charge is 2.32. The summed E-state index contributed by atoms with van der Waals surface area (Å²) in [4.78, 5) is 7.59. The van der Waals surface area contributed by atoms with Crippen LogP contribution in [0.5, 0.6) is 5.75 Å². The van der Waals surface area contributed by atoms with Gasteiger partial charge < -0.3 is 17.1 Å². The first-order valence-electron chi connectivity index (χ1n) is 10.2. The van der Waals surface area contributed by atoms with E-state index < -0.39 is 11.7 Å². The van der Waals surface area contributed by atoms with E-state index in [-0.39, 0.29) is 17.9 Å². The minimum atomic E-state index is -4.40. The van der Waals surface area contributed by atoms with E-state index in [9.17, 15) is 13.2 Å². The first kappa shape index (κ1) is 26.7. The quantitative estimate of drug-likeness (QED) is 0.259. The lowest BCUT2D eigenvalue weighted by Gasteiger charge is -2.12. The molecule has 2 aromatic heterocycles. The van der Waals surface area contributed by atoms with E-state index in [0.717, 1.165) is 40.6 Å². The highest BCUT2D eigenvalue weighted by atomic mass is 35.5. The molecule has 0 atom stereocenters. The number of imidazole rings is 1. The molecule has 0 aliphatic heterocycles. The number of benzene rings is 1. The molecule has 0 radical (unpaired) electrons. The topological polar surface area (TPSA) is 41.8 Å². The molecule has 3 aromatic rings. The number of nitrogens with one attached hydrogen (secondary N) is 1. The monoisotopic (exact) mass is 505 g/mol. The molecule has 0 aliphatic carbocycles. The van der Waals surface area contributed by atoms with Crippen LogP contribution in [0.1, 0.15) is 49.4 Å². The Morgan fingerprint density at radius 1 is 1.12 bits per heavy atom. The highest BCUT2D eigenvalue weighted by molar-refractivity contribution is 8.76. The molecule has 2 heterocycles. The minimum Gasteiger partial charge on any atom is -1.00 e. The third kappa shape index (κ3) is 6.48. The van der Waals surface area contributed by atoms with Crippen LogP contribution in [0.2, 0.25) is 0 Å². The number of aromatic amines is 1. The van der Waals surface area contributed by atoms with Crippen LogP contribution in [0.15, 0.2) is 30.5 Å². The van der Waals surface area contributed by atoms with E-state index in [1.807, 2.05) is 34.5 Å². The maximum atomic E-state index is 13.1. The van der Waals surface area contributed by atoms with E-state index in [1.54, 1.807) is 17.9 Å². The zero-order chi connectivity index (χ0) is 22.4. The van der Waals surface area contributed by atoms with Gasteiger partial charge in [-0.15, -0.1) is 0 Å². The summed E-state index contributed by atoms with van der Waals surface area (Å²) in [5.41, 5.74) is 2.13. The van der Waals surface area contributed by atoms with Crippen molar-refractivity contribution in [3.05, 3.63) is 47.3 Å². The molecule has 0 bridgehead atoms. The zero-order valence-electron chi connectivity index (χ0n) is 18.3. The predicted octanol–water partition coefficient (Wildman–Crippen LogP) is 3.64. The first-order chi connectivity index (χ1) is 14.8. The van der Waals surface area contributed by atoms with E-state index in [2.05, 4.69) is 16.9 Å². The SMILES string of the molecule is CCCCCCSSCc1c(C)c(OC)cc[n+]1-c1nc2cc(C(F)(F)F)ccc2[nH]1.[Cl-]. The fourth-order valence-corrected chi connectivity index (χ4v) is 5.59. The van der Waals surface area contributed by atoms with Gasteiger partial charge in [-0.05, 0) is 31.5 Å². The van der Waals surface area contributed by atoms with Gasteiger partial charge in [0, 0.05) is 17.4 Å². The Labute approximate surface area is 200 Å².